The second-order valence-corrected chi connectivity index (χ2v) is 8.04. The van der Waals surface area contributed by atoms with Crippen LogP contribution in [-0.2, 0) is 15.9 Å². The van der Waals surface area contributed by atoms with Crippen LogP contribution in [0.3, 0.4) is 0 Å². The zero-order valence-corrected chi connectivity index (χ0v) is 14.1. The first kappa shape index (κ1) is 16.0. The zero-order valence-electron chi connectivity index (χ0n) is 12.9. The first-order valence-corrected chi connectivity index (χ1v) is 7.80. The number of rotatable bonds is 6. The molecule has 2 heterocycles. The number of nitrogens with zero attached hydrogens (tertiary/aromatic N) is 2. The molecule has 1 aromatic rings. The first-order valence-electron chi connectivity index (χ1n) is 7.22. The van der Waals surface area contributed by atoms with E-state index >= 15 is 0 Å². The van der Waals surface area contributed by atoms with Crippen LogP contribution in [0.1, 0.15) is 40.5 Å². The molecule has 1 aromatic heterocycles. The van der Waals surface area contributed by atoms with Crippen LogP contribution >= 0.6 is 9.24 Å². The maximum atomic E-state index is 5.93. The van der Waals surface area contributed by atoms with E-state index in [1.807, 2.05) is 17.1 Å². The summed E-state index contributed by atoms with van der Waals surface area (Å²) in [7, 11) is 4.63. The van der Waals surface area contributed by atoms with Gasteiger partial charge in [0, 0.05) is 24.2 Å². The Bertz CT molecular complexity index is 437. The van der Waals surface area contributed by atoms with E-state index in [2.05, 4.69) is 42.0 Å². The van der Waals surface area contributed by atoms with E-state index in [4.69, 9.17) is 9.39 Å². The number of aromatic nitrogens is 2. The highest BCUT2D eigenvalue weighted by Gasteiger charge is 2.33. The minimum atomic E-state index is -0.256. The van der Waals surface area contributed by atoms with Crippen LogP contribution in [0.4, 0.5) is 0 Å². The summed E-state index contributed by atoms with van der Waals surface area (Å²) < 4.78 is 13.5. The Morgan fingerprint density at radius 3 is 2.85 bits per heavy atom. The molecule has 1 saturated heterocycles. The fraction of sp³-hybridized carbons (Fsp3) is 0.786. The summed E-state index contributed by atoms with van der Waals surface area (Å²) in [5.41, 5.74) is 0.735. The van der Waals surface area contributed by atoms with Crippen molar-refractivity contribution in [2.45, 2.75) is 63.9 Å². The van der Waals surface area contributed by atoms with Crippen LogP contribution in [0.5, 0.6) is 0 Å². The molecule has 111 valence electrons. The van der Waals surface area contributed by atoms with Crippen LogP contribution in [0.25, 0.3) is 0 Å². The third-order valence-corrected chi connectivity index (χ3v) is 4.80. The highest BCUT2D eigenvalue weighted by atomic mass is 31.0. The summed E-state index contributed by atoms with van der Waals surface area (Å²) in [6, 6.07) is 0. The van der Waals surface area contributed by atoms with Crippen molar-refractivity contribution in [3.05, 3.63) is 12.4 Å². The van der Waals surface area contributed by atoms with Gasteiger partial charge in [-0.2, -0.15) is 5.10 Å². The standard InChI is InChI=1S/C14H25BN2O2P/c1-13(2,14(3,4)20)19-15-11-8-16-17(9-11)10-12-6-5-7-18-12/h8-9,12H,5-7,10,20H2,1-4H3. The first-order chi connectivity index (χ1) is 9.28. The van der Waals surface area contributed by atoms with Gasteiger partial charge in [0.2, 0.25) is 0 Å². The topological polar surface area (TPSA) is 36.3 Å². The van der Waals surface area contributed by atoms with E-state index < -0.39 is 0 Å². The average molecular weight is 295 g/mol. The van der Waals surface area contributed by atoms with Gasteiger partial charge in [0.25, 0.3) is 0 Å². The van der Waals surface area contributed by atoms with Gasteiger partial charge in [-0.3, -0.25) is 4.68 Å². The summed E-state index contributed by atoms with van der Waals surface area (Å²) >= 11 is 0. The van der Waals surface area contributed by atoms with Crippen molar-refractivity contribution in [3.8, 4) is 0 Å². The molecule has 0 amide bonds. The minimum Gasteiger partial charge on any atom is -0.429 e. The Kier molecular flexibility index (Phi) is 4.94. The Balaban J connectivity index is 1.86. The average Bonchev–Trinajstić information content (AvgIpc) is 2.97. The van der Waals surface area contributed by atoms with Crippen LogP contribution in [0.2, 0.25) is 0 Å². The van der Waals surface area contributed by atoms with E-state index in [-0.39, 0.29) is 10.8 Å². The van der Waals surface area contributed by atoms with E-state index in [9.17, 15) is 0 Å². The predicted octanol–water partition coefficient (Wildman–Crippen LogP) is 1.76. The van der Waals surface area contributed by atoms with Crippen LogP contribution < -0.4 is 5.46 Å². The van der Waals surface area contributed by atoms with Gasteiger partial charge in [-0.15, -0.1) is 9.24 Å². The van der Waals surface area contributed by atoms with E-state index in [1.54, 1.807) is 7.48 Å². The molecule has 1 fully saturated rings. The summed E-state index contributed by atoms with van der Waals surface area (Å²) in [5, 5.41) is 4.36. The van der Waals surface area contributed by atoms with Gasteiger partial charge < -0.3 is 9.39 Å². The van der Waals surface area contributed by atoms with E-state index in [1.165, 1.54) is 0 Å². The molecule has 6 heteroatoms. The van der Waals surface area contributed by atoms with Crippen molar-refractivity contribution in [3.63, 3.8) is 0 Å². The minimum absolute atomic E-state index is 0.00280. The largest absolute Gasteiger partial charge is 0.429 e. The summed E-state index contributed by atoms with van der Waals surface area (Å²) in [6.45, 7) is 10.2. The summed E-state index contributed by atoms with van der Waals surface area (Å²) in [6.07, 6.45) is 6.44. The van der Waals surface area contributed by atoms with Crippen molar-refractivity contribution in [2.75, 3.05) is 6.61 Å². The zero-order chi connectivity index (χ0) is 14.8. The van der Waals surface area contributed by atoms with Gasteiger partial charge in [0.15, 0.2) is 0 Å². The van der Waals surface area contributed by atoms with Gasteiger partial charge in [0.1, 0.15) is 0 Å². The summed E-state index contributed by atoms with van der Waals surface area (Å²) in [5.74, 6) is 0. The lowest BCUT2D eigenvalue weighted by Gasteiger charge is -2.38. The Morgan fingerprint density at radius 1 is 1.50 bits per heavy atom. The highest BCUT2D eigenvalue weighted by Crippen LogP contribution is 2.32. The van der Waals surface area contributed by atoms with Crippen LogP contribution in [0, 0.1) is 0 Å². The van der Waals surface area contributed by atoms with Crippen molar-refractivity contribution < 1.29 is 9.39 Å². The maximum Gasteiger partial charge on any atom is 0.334 e. The molecule has 1 aliphatic rings. The summed E-state index contributed by atoms with van der Waals surface area (Å²) in [4.78, 5) is 0. The molecule has 0 saturated carbocycles. The third kappa shape index (κ3) is 4.06. The normalized spacial score (nSPS) is 20.4. The molecule has 20 heavy (non-hydrogen) atoms. The second kappa shape index (κ2) is 6.17. The molecule has 1 radical (unpaired) electrons. The lowest BCUT2D eigenvalue weighted by molar-refractivity contribution is 0.0840. The molecular formula is C14H25BN2O2P. The van der Waals surface area contributed by atoms with Crippen molar-refractivity contribution in [2.24, 2.45) is 0 Å². The lowest BCUT2D eigenvalue weighted by Crippen LogP contribution is -2.45. The maximum absolute atomic E-state index is 5.93. The number of hydrogen-bond acceptors (Lipinski definition) is 3. The fourth-order valence-electron chi connectivity index (χ4n) is 1.90. The van der Waals surface area contributed by atoms with Gasteiger partial charge in [-0.05, 0) is 32.2 Å². The Morgan fingerprint density at radius 2 is 2.25 bits per heavy atom. The molecular weight excluding hydrogens is 270 g/mol. The SMILES string of the molecule is CC(C)(P)C(C)(C)O[B]c1cnn(CC2CCCO2)c1. The molecule has 4 nitrogen and oxygen atoms in total. The molecule has 1 aliphatic heterocycles. The quantitative estimate of drug-likeness (QED) is 0.592. The molecule has 0 N–H and O–H groups in total. The Hall–Kier alpha value is -0.375. The highest BCUT2D eigenvalue weighted by molar-refractivity contribution is 7.19. The van der Waals surface area contributed by atoms with E-state index in [0.717, 1.165) is 31.5 Å². The molecule has 2 unspecified atom stereocenters. The Labute approximate surface area is 125 Å². The van der Waals surface area contributed by atoms with Crippen molar-refractivity contribution in [1.82, 2.24) is 9.78 Å². The van der Waals surface area contributed by atoms with Crippen molar-refractivity contribution in [1.29, 1.82) is 0 Å². The van der Waals surface area contributed by atoms with Gasteiger partial charge in [0.05, 0.1) is 18.2 Å². The molecule has 0 aliphatic carbocycles. The van der Waals surface area contributed by atoms with Crippen LogP contribution in [0.15, 0.2) is 12.4 Å². The molecule has 2 rings (SSSR count). The van der Waals surface area contributed by atoms with Crippen LogP contribution in [-0.4, -0.2) is 40.7 Å². The molecule has 0 spiro atoms. The predicted molar refractivity (Wildman–Crippen MR) is 85.5 cm³/mol. The lowest BCUT2D eigenvalue weighted by atomic mass is 9.86. The van der Waals surface area contributed by atoms with Gasteiger partial charge in [-0.25, -0.2) is 0 Å². The fourth-order valence-corrected chi connectivity index (χ4v) is 1.97. The smallest absolute Gasteiger partial charge is 0.334 e. The number of ether oxygens (including phenoxy) is 1. The van der Waals surface area contributed by atoms with Gasteiger partial charge in [-0.1, -0.05) is 13.8 Å². The number of hydrogen-bond donors (Lipinski definition) is 0. The van der Waals surface area contributed by atoms with E-state index in [0.29, 0.717) is 6.10 Å². The van der Waals surface area contributed by atoms with Crippen molar-refractivity contribution >= 4 is 22.2 Å². The molecule has 2 atom stereocenters. The third-order valence-electron chi connectivity index (χ3n) is 4.11. The van der Waals surface area contributed by atoms with Gasteiger partial charge >= 0.3 is 7.48 Å². The monoisotopic (exact) mass is 295 g/mol. The second-order valence-electron chi connectivity index (χ2n) is 6.60. The molecule has 0 aromatic carbocycles. The molecule has 0 bridgehead atoms.